The van der Waals surface area contributed by atoms with Gasteiger partial charge < -0.3 is 10.1 Å². The third kappa shape index (κ3) is 1.00. The molecule has 1 N–H and O–H groups in total. The van der Waals surface area contributed by atoms with Crippen molar-refractivity contribution in [3.05, 3.63) is 0 Å². The van der Waals surface area contributed by atoms with Gasteiger partial charge in [0.15, 0.2) is 0 Å². The van der Waals surface area contributed by atoms with Gasteiger partial charge in [0, 0.05) is 13.1 Å². The molecule has 3 atom stereocenters. The predicted molar refractivity (Wildman–Crippen MR) is 44.5 cm³/mol. The van der Waals surface area contributed by atoms with Gasteiger partial charge in [-0.2, -0.15) is 0 Å². The summed E-state index contributed by atoms with van der Waals surface area (Å²) in [5.41, 5.74) is 0.220. The summed E-state index contributed by atoms with van der Waals surface area (Å²) >= 11 is 0. The Morgan fingerprint density at radius 3 is 2.73 bits per heavy atom. The summed E-state index contributed by atoms with van der Waals surface area (Å²) in [5, 5.41) is 3.40. The molecule has 1 saturated carbocycles. The summed E-state index contributed by atoms with van der Waals surface area (Å²) in [7, 11) is 0. The van der Waals surface area contributed by atoms with Crippen LogP contribution in [0.5, 0.6) is 0 Å². The molecule has 2 heteroatoms. The third-order valence-corrected chi connectivity index (χ3v) is 3.44. The number of ether oxygens (including phenoxy) is 1. The van der Waals surface area contributed by atoms with Crippen molar-refractivity contribution in [1.82, 2.24) is 5.32 Å². The van der Waals surface area contributed by atoms with Crippen LogP contribution in [0.4, 0.5) is 0 Å². The number of hydrogen-bond donors (Lipinski definition) is 1. The largest absolute Gasteiger partial charge is 0.372 e. The highest BCUT2D eigenvalue weighted by Crippen LogP contribution is 2.46. The lowest BCUT2D eigenvalue weighted by molar-refractivity contribution is -0.181. The van der Waals surface area contributed by atoms with Crippen LogP contribution in [0, 0.1) is 11.8 Å². The van der Waals surface area contributed by atoms with Gasteiger partial charge in [-0.15, -0.1) is 0 Å². The van der Waals surface area contributed by atoms with Gasteiger partial charge in [0.25, 0.3) is 0 Å². The molecule has 0 aromatic carbocycles. The van der Waals surface area contributed by atoms with Gasteiger partial charge in [-0.05, 0) is 18.3 Å². The van der Waals surface area contributed by atoms with Crippen LogP contribution in [0.15, 0.2) is 0 Å². The molecule has 11 heavy (non-hydrogen) atoms. The van der Waals surface area contributed by atoms with Crippen LogP contribution in [0.2, 0.25) is 0 Å². The second-order valence-electron chi connectivity index (χ2n) is 4.06. The van der Waals surface area contributed by atoms with Crippen LogP contribution in [0.3, 0.4) is 0 Å². The van der Waals surface area contributed by atoms with E-state index in [9.17, 15) is 0 Å². The Labute approximate surface area is 68.3 Å². The Hall–Kier alpha value is -0.0800. The normalized spacial score (nSPS) is 50.7. The topological polar surface area (TPSA) is 21.3 Å². The second kappa shape index (κ2) is 2.46. The number of morpholine rings is 1. The molecule has 0 radical (unpaired) electrons. The van der Waals surface area contributed by atoms with Gasteiger partial charge >= 0.3 is 0 Å². The number of hydrogen-bond acceptors (Lipinski definition) is 2. The minimum absolute atomic E-state index is 0.220. The lowest BCUT2D eigenvalue weighted by atomic mass is 9.62. The van der Waals surface area contributed by atoms with Gasteiger partial charge in [-0.25, -0.2) is 0 Å². The fourth-order valence-electron chi connectivity index (χ4n) is 2.37. The molecule has 2 nitrogen and oxygen atoms in total. The molecule has 3 unspecified atom stereocenters. The predicted octanol–water partition coefficient (Wildman–Crippen LogP) is 1.02. The lowest BCUT2D eigenvalue weighted by Crippen LogP contribution is -2.62. The molecule has 0 aromatic heterocycles. The van der Waals surface area contributed by atoms with Crippen LogP contribution in [0.25, 0.3) is 0 Å². The van der Waals surface area contributed by atoms with Crippen LogP contribution in [-0.4, -0.2) is 25.3 Å². The van der Waals surface area contributed by atoms with Crippen LogP contribution in [-0.2, 0) is 4.74 Å². The van der Waals surface area contributed by atoms with E-state index in [0.717, 1.165) is 31.5 Å². The summed E-state index contributed by atoms with van der Waals surface area (Å²) in [6, 6.07) is 0. The van der Waals surface area contributed by atoms with Crippen molar-refractivity contribution < 1.29 is 4.74 Å². The van der Waals surface area contributed by atoms with E-state index in [0.29, 0.717) is 0 Å². The first-order chi connectivity index (χ1) is 5.25. The Balaban J connectivity index is 2.00. The molecule has 64 valence electrons. The Morgan fingerprint density at radius 1 is 1.45 bits per heavy atom. The molecule has 2 rings (SSSR count). The maximum atomic E-state index is 5.82. The highest BCUT2D eigenvalue weighted by atomic mass is 16.5. The van der Waals surface area contributed by atoms with Gasteiger partial charge in [-0.1, -0.05) is 13.8 Å². The zero-order valence-electron chi connectivity index (χ0n) is 7.39. The average Bonchev–Trinajstić information content (AvgIpc) is 2.06. The molecule has 1 saturated heterocycles. The molecule has 1 aliphatic carbocycles. The van der Waals surface area contributed by atoms with E-state index in [-0.39, 0.29) is 5.60 Å². The average molecular weight is 155 g/mol. The summed E-state index contributed by atoms with van der Waals surface area (Å²) in [4.78, 5) is 0. The van der Waals surface area contributed by atoms with E-state index in [1.54, 1.807) is 0 Å². The highest BCUT2D eigenvalue weighted by Gasteiger charge is 2.50. The Bertz CT molecular complexity index is 146. The molecule has 0 bridgehead atoms. The maximum absolute atomic E-state index is 5.82. The summed E-state index contributed by atoms with van der Waals surface area (Å²) < 4.78 is 5.82. The van der Waals surface area contributed by atoms with E-state index in [2.05, 4.69) is 19.2 Å². The summed E-state index contributed by atoms with van der Waals surface area (Å²) in [6.45, 7) is 7.62. The Kier molecular flexibility index (Phi) is 1.69. The molecule has 1 spiro atoms. The van der Waals surface area contributed by atoms with E-state index >= 15 is 0 Å². The van der Waals surface area contributed by atoms with Gasteiger partial charge in [-0.3, -0.25) is 0 Å². The summed E-state index contributed by atoms with van der Waals surface area (Å²) in [5.74, 6) is 1.60. The zero-order valence-corrected chi connectivity index (χ0v) is 7.39. The molecule has 1 aliphatic heterocycles. The van der Waals surface area contributed by atoms with Crippen molar-refractivity contribution in [2.45, 2.75) is 25.9 Å². The monoisotopic (exact) mass is 155 g/mol. The minimum atomic E-state index is 0.220. The van der Waals surface area contributed by atoms with Crippen molar-refractivity contribution >= 4 is 0 Å². The van der Waals surface area contributed by atoms with Gasteiger partial charge in [0.05, 0.1) is 12.2 Å². The van der Waals surface area contributed by atoms with Crippen molar-refractivity contribution in [3.63, 3.8) is 0 Å². The first-order valence-electron chi connectivity index (χ1n) is 4.59. The summed E-state index contributed by atoms with van der Waals surface area (Å²) in [6.07, 6.45) is 1.25. The smallest absolute Gasteiger partial charge is 0.0837 e. The molecule has 0 amide bonds. The van der Waals surface area contributed by atoms with Crippen molar-refractivity contribution in [2.24, 2.45) is 11.8 Å². The quantitative estimate of drug-likeness (QED) is 0.564. The highest BCUT2D eigenvalue weighted by molar-refractivity contribution is 5.02. The molecule has 2 aliphatic rings. The molecule has 2 fully saturated rings. The van der Waals surface area contributed by atoms with Crippen LogP contribution in [0.1, 0.15) is 20.3 Å². The minimum Gasteiger partial charge on any atom is -0.372 e. The van der Waals surface area contributed by atoms with Crippen LogP contribution < -0.4 is 5.32 Å². The number of rotatable bonds is 0. The van der Waals surface area contributed by atoms with E-state index in [1.165, 1.54) is 6.42 Å². The van der Waals surface area contributed by atoms with Crippen molar-refractivity contribution in [3.8, 4) is 0 Å². The fraction of sp³-hybridized carbons (Fsp3) is 1.00. The first kappa shape index (κ1) is 7.56. The van der Waals surface area contributed by atoms with E-state index in [1.807, 2.05) is 0 Å². The van der Waals surface area contributed by atoms with Crippen molar-refractivity contribution in [1.29, 1.82) is 0 Å². The zero-order chi connectivity index (χ0) is 7.90. The third-order valence-electron chi connectivity index (χ3n) is 3.44. The standard InChI is InChI=1S/C9H17NO/c1-7-5-9(8(7)2)6-10-3-4-11-9/h7-8,10H,3-6H2,1-2H3. The Morgan fingerprint density at radius 2 is 2.27 bits per heavy atom. The van der Waals surface area contributed by atoms with E-state index < -0.39 is 0 Å². The molecular weight excluding hydrogens is 138 g/mol. The van der Waals surface area contributed by atoms with Gasteiger partial charge in [0.1, 0.15) is 0 Å². The lowest BCUT2D eigenvalue weighted by Gasteiger charge is -2.54. The second-order valence-corrected chi connectivity index (χ2v) is 4.06. The maximum Gasteiger partial charge on any atom is 0.0837 e. The fourth-order valence-corrected chi connectivity index (χ4v) is 2.37. The molecule has 0 aromatic rings. The van der Waals surface area contributed by atoms with Crippen LogP contribution >= 0.6 is 0 Å². The van der Waals surface area contributed by atoms with Crippen molar-refractivity contribution in [2.75, 3.05) is 19.7 Å². The van der Waals surface area contributed by atoms with E-state index in [4.69, 9.17) is 4.74 Å². The molecule has 1 heterocycles. The number of nitrogens with one attached hydrogen (secondary N) is 1. The SMILES string of the molecule is CC1CC2(CNCCO2)C1C. The molecular formula is C9H17NO. The first-order valence-corrected chi connectivity index (χ1v) is 4.59. The van der Waals surface area contributed by atoms with Gasteiger partial charge in [0.2, 0.25) is 0 Å².